The van der Waals surface area contributed by atoms with Crippen LogP contribution in [0.2, 0.25) is 0 Å². The molecule has 0 aliphatic carbocycles. The van der Waals surface area contributed by atoms with Crippen molar-refractivity contribution < 1.29 is 4.79 Å². The monoisotopic (exact) mass is 331 g/mol. The Morgan fingerprint density at radius 2 is 1.85 bits per heavy atom. The number of nitrogens with one attached hydrogen (secondary N) is 2. The van der Waals surface area contributed by atoms with Gasteiger partial charge in [0.2, 0.25) is 0 Å². The SMILES string of the molecule is O=C(N/C=C/c1ccc(Br)cc1)NCc1ccncc1. The molecule has 0 aliphatic rings. The molecule has 1 aromatic carbocycles. The summed E-state index contributed by atoms with van der Waals surface area (Å²) in [5.74, 6) is 0. The van der Waals surface area contributed by atoms with Crippen molar-refractivity contribution >= 4 is 28.0 Å². The summed E-state index contributed by atoms with van der Waals surface area (Å²) in [4.78, 5) is 15.5. The Morgan fingerprint density at radius 3 is 2.55 bits per heavy atom. The van der Waals surface area contributed by atoms with E-state index >= 15 is 0 Å². The van der Waals surface area contributed by atoms with Crippen LogP contribution in [0.1, 0.15) is 11.1 Å². The van der Waals surface area contributed by atoms with E-state index in [1.54, 1.807) is 18.6 Å². The molecule has 0 saturated carbocycles. The van der Waals surface area contributed by atoms with Gasteiger partial charge >= 0.3 is 6.03 Å². The molecule has 0 spiro atoms. The lowest BCUT2D eigenvalue weighted by atomic mass is 10.2. The lowest BCUT2D eigenvalue weighted by Gasteiger charge is -2.04. The van der Waals surface area contributed by atoms with Gasteiger partial charge in [-0.2, -0.15) is 0 Å². The van der Waals surface area contributed by atoms with E-state index in [0.29, 0.717) is 6.54 Å². The number of urea groups is 1. The van der Waals surface area contributed by atoms with Crippen LogP contribution in [0.15, 0.2) is 59.5 Å². The highest BCUT2D eigenvalue weighted by Crippen LogP contribution is 2.11. The van der Waals surface area contributed by atoms with Gasteiger partial charge in [0.15, 0.2) is 0 Å². The molecule has 1 heterocycles. The minimum absolute atomic E-state index is 0.241. The molecule has 20 heavy (non-hydrogen) atoms. The standard InChI is InChI=1S/C15H14BrN3O/c16-14-3-1-12(2-4-14)7-10-18-15(20)19-11-13-5-8-17-9-6-13/h1-10H,11H2,(H2,18,19,20)/b10-7+. The third-order valence-corrected chi connectivity index (χ3v) is 3.09. The molecule has 0 radical (unpaired) electrons. The van der Waals surface area contributed by atoms with Crippen LogP contribution in [0.25, 0.3) is 6.08 Å². The molecule has 0 aliphatic heterocycles. The zero-order chi connectivity index (χ0) is 14.2. The number of pyridine rings is 1. The summed E-state index contributed by atoms with van der Waals surface area (Å²) in [6, 6.07) is 11.3. The Hall–Kier alpha value is -2.14. The highest BCUT2D eigenvalue weighted by Gasteiger charge is 1.97. The van der Waals surface area contributed by atoms with E-state index in [1.807, 2.05) is 42.5 Å². The van der Waals surface area contributed by atoms with Gasteiger partial charge in [0.1, 0.15) is 0 Å². The van der Waals surface area contributed by atoms with Crippen LogP contribution >= 0.6 is 15.9 Å². The van der Waals surface area contributed by atoms with Crippen LogP contribution in [0, 0.1) is 0 Å². The number of carbonyl (C=O) groups is 1. The van der Waals surface area contributed by atoms with Crippen LogP contribution in [0.3, 0.4) is 0 Å². The molecule has 102 valence electrons. The number of hydrogen-bond donors (Lipinski definition) is 2. The fourth-order valence-electron chi connectivity index (χ4n) is 1.52. The fourth-order valence-corrected chi connectivity index (χ4v) is 1.79. The highest BCUT2D eigenvalue weighted by molar-refractivity contribution is 9.10. The fraction of sp³-hybridized carbons (Fsp3) is 0.0667. The van der Waals surface area contributed by atoms with Gasteiger partial charge in [-0.25, -0.2) is 4.79 Å². The first-order chi connectivity index (χ1) is 9.74. The Bertz CT molecular complexity index is 582. The second kappa shape index (κ2) is 7.45. The number of carbonyl (C=O) groups excluding carboxylic acids is 1. The molecule has 0 saturated heterocycles. The van der Waals surface area contributed by atoms with Crippen molar-refractivity contribution in [3.05, 3.63) is 70.6 Å². The molecular formula is C15H14BrN3O. The number of benzene rings is 1. The van der Waals surface area contributed by atoms with Crippen molar-refractivity contribution in [1.29, 1.82) is 0 Å². The topological polar surface area (TPSA) is 54.0 Å². The lowest BCUT2D eigenvalue weighted by Crippen LogP contribution is -2.31. The van der Waals surface area contributed by atoms with E-state index in [4.69, 9.17) is 0 Å². The summed E-state index contributed by atoms with van der Waals surface area (Å²) in [7, 11) is 0. The van der Waals surface area contributed by atoms with Gasteiger partial charge in [0, 0.05) is 29.6 Å². The van der Waals surface area contributed by atoms with E-state index in [1.165, 1.54) is 0 Å². The van der Waals surface area contributed by atoms with Crippen molar-refractivity contribution in [2.24, 2.45) is 0 Å². The molecule has 0 bridgehead atoms. The lowest BCUT2D eigenvalue weighted by molar-refractivity contribution is 0.244. The number of rotatable bonds is 4. The van der Waals surface area contributed by atoms with Crippen molar-refractivity contribution in [1.82, 2.24) is 15.6 Å². The van der Waals surface area contributed by atoms with Gasteiger partial charge in [0.25, 0.3) is 0 Å². The average molecular weight is 332 g/mol. The molecule has 0 atom stereocenters. The Kier molecular flexibility index (Phi) is 5.32. The maximum atomic E-state index is 11.6. The third kappa shape index (κ3) is 4.85. The summed E-state index contributed by atoms with van der Waals surface area (Å²) >= 11 is 3.37. The normalized spacial score (nSPS) is 10.4. The van der Waals surface area contributed by atoms with E-state index in [0.717, 1.165) is 15.6 Å². The van der Waals surface area contributed by atoms with E-state index in [2.05, 4.69) is 31.5 Å². The third-order valence-electron chi connectivity index (χ3n) is 2.56. The molecule has 0 fully saturated rings. The van der Waals surface area contributed by atoms with Crippen molar-refractivity contribution in [3.63, 3.8) is 0 Å². The van der Waals surface area contributed by atoms with Gasteiger partial charge in [-0.3, -0.25) is 4.98 Å². The zero-order valence-corrected chi connectivity index (χ0v) is 12.3. The average Bonchev–Trinajstić information content (AvgIpc) is 2.48. The van der Waals surface area contributed by atoms with E-state index in [-0.39, 0.29) is 6.03 Å². The minimum atomic E-state index is -0.241. The molecular weight excluding hydrogens is 318 g/mol. The van der Waals surface area contributed by atoms with Gasteiger partial charge in [-0.05, 0) is 41.5 Å². The Labute approximate surface area is 126 Å². The first-order valence-electron chi connectivity index (χ1n) is 6.09. The minimum Gasteiger partial charge on any atom is -0.334 e. The van der Waals surface area contributed by atoms with Gasteiger partial charge in [-0.15, -0.1) is 0 Å². The second-order valence-corrected chi connectivity index (χ2v) is 4.98. The van der Waals surface area contributed by atoms with Crippen LogP contribution in [-0.2, 0) is 6.54 Å². The van der Waals surface area contributed by atoms with E-state index < -0.39 is 0 Å². The molecule has 2 amide bonds. The van der Waals surface area contributed by atoms with Gasteiger partial charge in [0.05, 0.1) is 0 Å². The molecule has 5 heteroatoms. The maximum absolute atomic E-state index is 11.6. The number of halogens is 1. The Balaban J connectivity index is 1.76. The molecule has 0 unspecified atom stereocenters. The Morgan fingerprint density at radius 1 is 1.15 bits per heavy atom. The summed E-state index contributed by atoms with van der Waals surface area (Å²) in [6.07, 6.45) is 6.84. The first-order valence-corrected chi connectivity index (χ1v) is 6.89. The summed E-state index contributed by atoms with van der Waals surface area (Å²) in [5, 5.41) is 5.42. The number of hydrogen-bond acceptors (Lipinski definition) is 2. The number of amides is 2. The number of aromatic nitrogens is 1. The summed E-state index contributed by atoms with van der Waals surface area (Å²) in [6.45, 7) is 0.473. The molecule has 1 aromatic heterocycles. The van der Waals surface area contributed by atoms with Crippen LogP contribution in [0.5, 0.6) is 0 Å². The quantitative estimate of drug-likeness (QED) is 0.902. The van der Waals surface area contributed by atoms with Crippen LogP contribution < -0.4 is 10.6 Å². The maximum Gasteiger partial charge on any atom is 0.319 e. The molecule has 2 aromatic rings. The second-order valence-electron chi connectivity index (χ2n) is 4.07. The first kappa shape index (κ1) is 14.3. The molecule has 2 N–H and O–H groups in total. The molecule has 4 nitrogen and oxygen atoms in total. The predicted molar refractivity (Wildman–Crippen MR) is 82.8 cm³/mol. The highest BCUT2D eigenvalue weighted by atomic mass is 79.9. The van der Waals surface area contributed by atoms with E-state index in [9.17, 15) is 4.79 Å². The smallest absolute Gasteiger partial charge is 0.319 e. The van der Waals surface area contributed by atoms with Gasteiger partial charge < -0.3 is 10.6 Å². The largest absolute Gasteiger partial charge is 0.334 e. The van der Waals surface area contributed by atoms with Crippen molar-refractivity contribution in [3.8, 4) is 0 Å². The van der Waals surface area contributed by atoms with Crippen molar-refractivity contribution in [2.45, 2.75) is 6.54 Å². The zero-order valence-electron chi connectivity index (χ0n) is 10.7. The van der Waals surface area contributed by atoms with Crippen LogP contribution in [-0.4, -0.2) is 11.0 Å². The van der Waals surface area contributed by atoms with Gasteiger partial charge in [-0.1, -0.05) is 28.1 Å². The predicted octanol–water partition coefficient (Wildman–Crippen LogP) is 3.31. The summed E-state index contributed by atoms with van der Waals surface area (Å²) < 4.78 is 1.03. The van der Waals surface area contributed by atoms with Crippen LogP contribution in [0.4, 0.5) is 4.79 Å². The molecule has 2 rings (SSSR count). The van der Waals surface area contributed by atoms with Crippen molar-refractivity contribution in [2.75, 3.05) is 0 Å². The summed E-state index contributed by atoms with van der Waals surface area (Å²) in [5.41, 5.74) is 2.02. The number of nitrogens with zero attached hydrogens (tertiary/aromatic N) is 1.